The van der Waals surface area contributed by atoms with Gasteiger partial charge in [0.1, 0.15) is 5.75 Å². The summed E-state index contributed by atoms with van der Waals surface area (Å²) in [5.41, 5.74) is 0. The lowest BCUT2D eigenvalue weighted by molar-refractivity contribution is -0.130. The van der Waals surface area contributed by atoms with Crippen molar-refractivity contribution in [2.24, 2.45) is 11.8 Å². The van der Waals surface area contributed by atoms with Crippen molar-refractivity contribution in [1.29, 1.82) is 0 Å². The fourth-order valence-corrected chi connectivity index (χ4v) is 4.20. The second kappa shape index (κ2) is 7.74. The van der Waals surface area contributed by atoms with Crippen LogP contribution in [0.15, 0.2) is 29.2 Å². The standard InChI is InChI=1S/C18H26N2O4S/c1-25(22,23)17-7-5-16(6-8-17)24-9-3-2-4-18(21)20-12-14-10-19-11-15(14)13-20/h5-8,14-15,19H,2-4,9-13H2,1H3/t14-,15+. The normalized spacial score (nSPS) is 22.8. The summed E-state index contributed by atoms with van der Waals surface area (Å²) >= 11 is 0. The van der Waals surface area contributed by atoms with Crippen molar-refractivity contribution in [3.05, 3.63) is 24.3 Å². The number of unbranched alkanes of at least 4 members (excludes halogenated alkanes) is 1. The average molecular weight is 366 g/mol. The molecule has 3 rings (SSSR count). The molecule has 7 heteroatoms. The Balaban J connectivity index is 1.33. The number of amides is 1. The van der Waals surface area contributed by atoms with Crippen molar-refractivity contribution in [3.63, 3.8) is 0 Å². The van der Waals surface area contributed by atoms with Crippen LogP contribution >= 0.6 is 0 Å². The van der Waals surface area contributed by atoms with Gasteiger partial charge in [0.25, 0.3) is 0 Å². The van der Waals surface area contributed by atoms with Crippen molar-refractivity contribution in [1.82, 2.24) is 10.2 Å². The molecule has 0 spiro atoms. The van der Waals surface area contributed by atoms with E-state index in [-0.39, 0.29) is 10.8 Å². The molecule has 2 fully saturated rings. The molecular formula is C18H26N2O4S. The predicted molar refractivity (Wildman–Crippen MR) is 95.3 cm³/mol. The number of nitrogens with one attached hydrogen (secondary N) is 1. The summed E-state index contributed by atoms with van der Waals surface area (Å²) in [7, 11) is -3.17. The van der Waals surface area contributed by atoms with Crippen molar-refractivity contribution < 1.29 is 17.9 Å². The molecule has 0 unspecified atom stereocenters. The minimum absolute atomic E-state index is 0.256. The summed E-state index contributed by atoms with van der Waals surface area (Å²) in [6.07, 6.45) is 3.37. The van der Waals surface area contributed by atoms with Gasteiger partial charge in [0.2, 0.25) is 5.91 Å². The van der Waals surface area contributed by atoms with Gasteiger partial charge in [0.05, 0.1) is 11.5 Å². The summed E-state index contributed by atoms with van der Waals surface area (Å²) in [4.78, 5) is 14.6. The molecule has 25 heavy (non-hydrogen) atoms. The summed E-state index contributed by atoms with van der Waals surface area (Å²) in [5, 5.41) is 3.38. The molecular weight excluding hydrogens is 340 g/mol. The Hall–Kier alpha value is -1.60. The molecule has 1 N–H and O–H groups in total. The van der Waals surface area contributed by atoms with Crippen LogP contribution in [0.1, 0.15) is 19.3 Å². The highest BCUT2D eigenvalue weighted by molar-refractivity contribution is 7.90. The maximum atomic E-state index is 12.2. The van der Waals surface area contributed by atoms with Crippen LogP contribution < -0.4 is 10.1 Å². The minimum atomic E-state index is -3.17. The lowest BCUT2D eigenvalue weighted by atomic mass is 10.0. The molecule has 0 radical (unpaired) electrons. The van der Waals surface area contributed by atoms with Crippen LogP contribution in [0.4, 0.5) is 0 Å². The van der Waals surface area contributed by atoms with E-state index in [4.69, 9.17) is 4.74 Å². The van der Waals surface area contributed by atoms with Crippen LogP contribution in [0.5, 0.6) is 5.75 Å². The molecule has 2 atom stereocenters. The third-order valence-corrected chi connectivity index (χ3v) is 6.18. The first-order valence-corrected chi connectivity index (χ1v) is 10.7. The van der Waals surface area contributed by atoms with E-state index in [1.54, 1.807) is 24.3 Å². The monoisotopic (exact) mass is 366 g/mol. The quantitative estimate of drug-likeness (QED) is 0.737. The smallest absolute Gasteiger partial charge is 0.222 e. The molecule has 138 valence electrons. The predicted octanol–water partition coefficient (Wildman–Crippen LogP) is 1.32. The van der Waals surface area contributed by atoms with E-state index < -0.39 is 9.84 Å². The number of sulfone groups is 1. The molecule has 1 aromatic rings. The number of nitrogens with zero attached hydrogens (tertiary/aromatic N) is 1. The molecule has 6 nitrogen and oxygen atoms in total. The average Bonchev–Trinajstić information content (AvgIpc) is 3.15. The van der Waals surface area contributed by atoms with Gasteiger partial charge in [0.15, 0.2) is 9.84 Å². The highest BCUT2D eigenvalue weighted by Gasteiger charge is 2.37. The topological polar surface area (TPSA) is 75.7 Å². The van der Waals surface area contributed by atoms with Gasteiger partial charge in [-0.05, 0) is 48.9 Å². The van der Waals surface area contributed by atoms with Gasteiger partial charge in [-0.15, -0.1) is 0 Å². The fourth-order valence-electron chi connectivity index (χ4n) is 3.57. The molecule has 0 bridgehead atoms. The Labute approximate surface area is 149 Å². The Bertz CT molecular complexity index is 690. The van der Waals surface area contributed by atoms with Crippen LogP contribution in [0.25, 0.3) is 0 Å². The number of likely N-dealkylation sites (tertiary alicyclic amines) is 1. The van der Waals surface area contributed by atoms with E-state index in [1.165, 1.54) is 6.26 Å². The van der Waals surface area contributed by atoms with Crippen molar-refractivity contribution in [3.8, 4) is 5.75 Å². The van der Waals surface area contributed by atoms with Crippen LogP contribution in [0, 0.1) is 11.8 Å². The number of hydrogen-bond donors (Lipinski definition) is 1. The molecule has 0 aromatic heterocycles. The summed E-state index contributed by atoms with van der Waals surface area (Å²) in [6.45, 7) is 4.42. The van der Waals surface area contributed by atoms with Gasteiger partial charge in [-0.3, -0.25) is 4.79 Å². The van der Waals surface area contributed by atoms with Crippen LogP contribution in [-0.2, 0) is 14.6 Å². The zero-order valence-corrected chi connectivity index (χ0v) is 15.4. The second-order valence-corrected chi connectivity index (χ2v) is 9.04. The van der Waals surface area contributed by atoms with Crippen molar-refractivity contribution in [2.45, 2.75) is 24.2 Å². The van der Waals surface area contributed by atoms with Gasteiger partial charge in [-0.2, -0.15) is 0 Å². The Morgan fingerprint density at radius 2 is 1.80 bits per heavy atom. The Kier molecular flexibility index (Phi) is 5.64. The van der Waals surface area contributed by atoms with E-state index in [1.807, 2.05) is 4.90 Å². The molecule has 1 aromatic carbocycles. The maximum Gasteiger partial charge on any atom is 0.222 e. The first kappa shape index (κ1) is 18.2. The molecule has 2 aliphatic heterocycles. The zero-order valence-electron chi connectivity index (χ0n) is 14.6. The molecule has 0 saturated carbocycles. The zero-order chi connectivity index (χ0) is 17.9. The lowest BCUT2D eigenvalue weighted by Crippen LogP contribution is -2.31. The fraction of sp³-hybridized carbons (Fsp3) is 0.611. The van der Waals surface area contributed by atoms with E-state index in [2.05, 4.69) is 5.32 Å². The summed E-state index contributed by atoms with van der Waals surface area (Å²) in [6, 6.07) is 6.43. The first-order valence-electron chi connectivity index (χ1n) is 8.85. The second-order valence-electron chi connectivity index (χ2n) is 7.03. The minimum Gasteiger partial charge on any atom is -0.494 e. The van der Waals surface area contributed by atoms with Crippen molar-refractivity contribution in [2.75, 3.05) is 39.0 Å². The summed E-state index contributed by atoms with van der Waals surface area (Å²) in [5.74, 6) is 2.19. The number of ether oxygens (including phenoxy) is 1. The van der Waals surface area contributed by atoms with E-state index >= 15 is 0 Å². The molecule has 2 heterocycles. The van der Waals surface area contributed by atoms with Crippen molar-refractivity contribution >= 4 is 15.7 Å². The third kappa shape index (κ3) is 4.73. The van der Waals surface area contributed by atoms with Gasteiger partial charge in [-0.1, -0.05) is 0 Å². The van der Waals surface area contributed by atoms with Gasteiger partial charge >= 0.3 is 0 Å². The number of carbonyl (C=O) groups excluding carboxylic acids is 1. The van der Waals surface area contributed by atoms with Crippen LogP contribution in [-0.4, -0.2) is 58.3 Å². The third-order valence-electron chi connectivity index (χ3n) is 5.05. The van der Waals surface area contributed by atoms with Crippen LogP contribution in [0.3, 0.4) is 0 Å². The molecule has 0 aliphatic carbocycles. The first-order chi connectivity index (χ1) is 11.9. The van der Waals surface area contributed by atoms with Gasteiger partial charge in [-0.25, -0.2) is 8.42 Å². The molecule has 1 amide bonds. The largest absolute Gasteiger partial charge is 0.494 e. The highest BCUT2D eigenvalue weighted by atomic mass is 32.2. The van der Waals surface area contributed by atoms with Gasteiger partial charge < -0.3 is 15.0 Å². The van der Waals surface area contributed by atoms with Crippen LogP contribution in [0.2, 0.25) is 0 Å². The van der Waals surface area contributed by atoms with E-state index in [9.17, 15) is 13.2 Å². The number of rotatable bonds is 7. The maximum absolute atomic E-state index is 12.2. The highest BCUT2D eigenvalue weighted by Crippen LogP contribution is 2.26. The number of benzene rings is 1. The molecule has 2 aliphatic rings. The van der Waals surface area contributed by atoms with E-state index in [0.29, 0.717) is 30.6 Å². The molecule has 2 saturated heterocycles. The summed E-state index contributed by atoms with van der Waals surface area (Å²) < 4.78 is 28.4. The number of carbonyl (C=O) groups is 1. The SMILES string of the molecule is CS(=O)(=O)c1ccc(OCCCCC(=O)N2C[C@H]3CNC[C@H]3C2)cc1. The Morgan fingerprint density at radius 3 is 2.40 bits per heavy atom. The van der Waals surface area contributed by atoms with E-state index in [0.717, 1.165) is 39.0 Å². The number of fused-ring (bicyclic) bond motifs is 1. The lowest BCUT2D eigenvalue weighted by Gasteiger charge is -2.17. The van der Waals surface area contributed by atoms with Gasteiger partial charge in [0, 0.05) is 38.9 Å². The number of hydrogen-bond acceptors (Lipinski definition) is 5. The Morgan fingerprint density at radius 1 is 1.16 bits per heavy atom.